The molecule has 0 spiro atoms. The van der Waals surface area contributed by atoms with E-state index in [-0.39, 0.29) is 0 Å². The van der Waals surface area contributed by atoms with E-state index in [1.165, 1.54) is 19.3 Å². The summed E-state index contributed by atoms with van der Waals surface area (Å²) in [6.45, 7) is 1.10. The van der Waals surface area contributed by atoms with Gasteiger partial charge in [-0.15, -0.1) is 0 Å². The molecule has 98 valence electrons. The maximum Gasteiger partial charge on any atom is 0.162 e. The van der Waals surface area contributed by atoms with Crippen LogP contribution in [-0.4, -0.2) is 18.3 Å². The highest BCUT2D eigenvalue weighted by molar-refractivity contribution is 6.31. The highest BCUT2D eigenvalue weighted by Crippen LogP contribution is 2.41. The van der Waals surface area contributed by atoms with Crippen LogP contribution in [0.25, 0.3) is 0 Å². The van der Waals surface area contributed by atoms with E-state index >= 15 is 0 Å². The Bertz CT molecular complexity index is 443. The summed E-state index contributed by atoms with van der Waals surface area (Å²) < 4.78 is 11.0. The van der Waals surface area contributed by atoms with Crippen LogP contribution in [0.2, 0.25) is 5.02 Å². The zero-order valence-electron chi connectivity index (χ0n) is 10.2. The fourth-order valence-corrected chi connectivity index (χ4v) is 2.79. The minimum absolute atomic E-state index is 0.501. The van der Waals surface area contributed by atoms with Crippen LogP contribution < -0.4 is 9.47 Å². The number of fused-ring (bicyclic) bond motifs is 1. The summed E-state index contributed by atoms with van der Waals surface area (Å²) in [6.07, 6.45) is 4.02. The van der Waals surface area contributed by atoms with E-state index < -0.39 is 6.10 Å². The number of aliphatic hydroxyl groups is 1. The molecule has 0 amide bonds. The van der Waals surface area contributed by atoms with Crippen molar-refractivity contribution < 1.29 is 14.6 Å². The van der Waals surface area contributed by atoms with E-state index in [0.29, 0.717) is 35.7 Å². The summed E-state index contributed by atoms with van der Waals surface area (Å²) in [5, 5.41) is 10.8. The van der Waals surface area contributed by atoms with Crippen molar-refractivity contribution in [3.8, 4) is 11.5 Å². The van der Waals surface area contributed by atoms with Gasteiger partial charge in [0.25, 0.3) is 0 Å². The first-order valence-corrected chi connectivity index (χ1v) is 6.89. The van der Waals surface area contributed by atoms with Crippen molar-refractivity contribution in [1.82, 2.24) is 0 Å². The van der Waals surface area contributed by atoms with Crippen molar-refractivity contribution in [3.63, 3.8) is 0 Å². The van der Waals surface area contributed by atoms with E-state index in [0.717, 1.165) is 12.0 Å². The SMILES string of the molecule is OC(CC1CCC1)c1cc2c(cc1Cl)OCCO2. The van der Waals surface area contributed by atoms with E-state index in [4.69, 9.17) is 21.1 Å². The molecule has 1 fully saturated rings. The maximum absolute atomic E-state index is 10.3. The Balaban J connectivity index is 1.81. The zero-order chi connectivity index (χ0) is 12.5. The first kappa shape index (κ1) is 12.1. The molecule has 1 aliphatic heterocycles. The second-order valence-corrected chi connectivity index (χ2v) is 5.47. The third-order valence-electron chi connectivity index (χ3n) is 3.80. The Morgan fingerprint density at radius 1 is 1.22 bits per heavy atom. The highest BCUT2D eigenvalue weighted by atomic mass is 35.5. The largest absolute Gasteiger partial charge is 0.486 e. The molecule has 1 heterocycles. The second kappa shape index (κ2) is 4.98. The normalized spacial score (nSPS) is 20.3. The Labute approximate surface area is 112 Å². The van der Waals surface area contributed by atoms with Gasteiger partial charge in [-0.2, -0.15) is 0 Å². The van der Waals surface area contributed by atoms with E-state index in [2.05, 4.69) is 0 Å². The topological polar surface area (TPSA) is 38.7 Å². The molecule has 1 unspecified atom stereocenters. The predicted octanol–water partition coefficient (Wildman–Crippen LogP) is 3.33. The summed E-state index contributed by atoms with van der Waals surface area (Å²) in [5.74, 6) is 2.00. The molecule has 3 nitrogen and oxygen atoms in total. The molecule has 1 aliphatic carbocycles. The van der Waals surface area contributed by atoms with Gasteiger partial charge in [0.05, 0.1) is 11.1 Å². The van der Waals surface area contributed by atoms with Gasteiger partial charge in [-0.1, -0.05) is 30.9 Å². The van der Waals surface area contributed by atoms with Crippen LogP contribution >= 0.6 is 11.6 Å². The predicted molar refractivity (Wildman–Crippen MR) is 69.4 cm³/mol. The van der Waals surface area contributed by atoms with Gasteiger partial charge in [-0.25, -0.2) is 0 Å². The van der Waals surface area contributed by atoms with Crippen molar-refractivity contribution in [3.05, 3.63) is 22.7 Å². The van der Waals surface area contributed by atoms with E-state index in [1.54, 1.807) is 6.07 Å². The standard InChI is InChI=1S/C14H17ClO3/c15-11-8-14-13(17-4-5-18-14)7-10(11)12(16)6-9-2-1-3-9/h7-9,12,16H,1-6H2. The van der Waals surface area contributed by atoms with Gasteiger partial charge in [0, 0.05) is 11.6 Å². The Morgan fingerprint density at radius 2 is 1.89 bits per heavy atom. The monoisotopic (exact) mass is 268 g/mol. The Hall–Kier alpha value is -0.930. The van der Waals surface area contributed by atoms with Crippen LogP contribution in [0, 0.1) is 5.92 Å². The first-order valence-electron chi connectivity index (χ1n) is 6.51. The molecule has 4 heteroatoms. The van der Waals surface area contributed by atoms with Crippen molar-refractivity contribution in [2.75, 3.05) is 13.2 Å². The molecule has 0 aromatic heterocycles. The number of hydrogen-bond donors (Lipinski definition) is 1. The molecule has 1 aromatic rings. The van der Waals surface area contributed by atoms with Gasteiger partial charge >= 0.3 is 0 Å². The third kappa shape index (κ3) is 2.29. The smallest absolute Gasteiger partial charge is 0.162 e. The van der Waals surface area contributed by atoms with Gasteiger partial charge in [0.15, 0.2) is 11.5 Å². The zero-order valence-corrected chi connectivity index (χ0v) is 10.9. The van der Waals surface area contributed by atoms with Crippen LogP contribution in [0.4, 0.5) is 0 Å². The Morgan fingerprint density at radius 3 is 2.50 bits per heavy atom. The molecule has 0 bridgehead atoms. The molecular formula is C14H17ClO3. The molecule has 3 rings (SSSR count). The summed E-state index contributed by atoms with van der Waals surface area (Å²) in [7, 11) is 0. The summed E-state index contributed by atoms with van der Waals surface area (Å²) in [6, 6.07) is 3.57. The molecule has 2 aliphatic rings. The Kier molecular flexibility index (Phi) is 3.35. The number of halogens is 1. The van der Waals surface area contributed by atoms with Gasteiger partial charge in [0.1, 0.15) is 13.2 Å². The third-order valence-corrected chi connectivity index (χ3v) is 4.13. The van der Waals surface area contributed by atoms with Gasteiger partial charge in [-0.05, 0) is 18.4 Å². The van der Waals surface area contributed by atoms with Crippen LogP contribution in [0.1, 0.15) is 37.4 Å². The molecule has 0 radical (unpaired) electrons. The lowest BCUT2D eigenvalue weighted by atomic mass is 9.80. The van der Waals surface area contributed by atoms with E-state index in [9.17, 15) is 5.11 Å². The van der Waals surface area contributed by atoms with Crippen LogP contribution in [0.15, 0.2) is 12.1 Å². The number of aliphatic hydroxyl groups excluding tert-OH is 1. The van der Waals surface area contributed by atoms with Gasteiger partial charge in [-0.3, -0.25) is 0 Å². The number of ether oxygens (including phenoxy) is 2. The van der Waals surface area contributed by atoms with Gasteiger partial charge < -0.3 is 14.6 Å². The first-order chi connectivity index (χ1) is 8.74. The second-order valence-electron chi connectivity index (χ2n) is 5.07. The quantitative estimate of drug-likeness (QED) is 0.914. The molecule has 0 saturated heterocycles. The fourth-order valence-electron chi connectivity index (χ4n) is 2.51. The average Bonchev–Trinajstić information content (AvgIpc) is 2.32. The van der Waals surface area contributed by atoms with E-state index in [1.807, 2.05) is 6.07 Å². The van der Waals surface area contributed by atoms with Crippen LogP contribution in [0.5, 0.6) is 11.5 Å². The lowest BCUT2D eigenvalue weighted by molar-refractivity contribution is 0.117. The fraction of sp³-hybridized carbons (Fsp3) is 0.571. The molecule has 1 N–H and O–H groups in total. The molecule has 1 atom stereocenters. The van der Waals surface area contributed by atoms with Gasteiger partial charge in [0.2, 0.25) is 0 Å². The maximum atomic E-state index is 10.3. The molecule has 1 aromatic carbocycles. The summed E-state index contributed by atoms with van der Waals surface area (Å²) in [4.78, 5) is 0. The molecule has 1 saturated carbocycles. The van der Waals surface area contributed by atoms with Crippen molar-refractivity contribution in [2.45, 2.75) is 31.8 Å². The van der Waals surface area contributed by atoms with Crippen LogP contribution in [-0.2, 0) is 0 Å². The molecular weight excluding hydrogens is 252 g/mol. The lowest BCUT2D eigenvalue weighted by Crippen LogP contribution is -2.17. The van der Waals surface area contributed by atoms with Crippen molar-refractivity contribution >= 4 is 11.6 Å². The van der Waals surface area contributed by atoms with Crippen LogP contribution in [0.3, 0.4) is 0 Å². The lowest BCUT2D eigenvalue weighted by Gasteiger charge is -2.28. The average molecular weight is 269 g/mol. The highest BCUT2D eigenvalue weighted by Gasteiger charge is 2.24. The minimum atomic E-state index is -0.501. The number of hydrogen-bond acceptors (Lipinski definition) is 3. The minimum Gasteiger partial charge on any atom is -0.486 e. The number of benzene rings is 1. The summed E-state index contributed by atoms with van der Waals surface area (Å²) in [5.41, 5.74) is 0.757. The number of rotatable bonds is 3. The summed E-state index contributed by atoms with van der Waals surface area (Å²) >= 11 is 6.21. The van der Waals surface area contributed by atoms with Crippen molar-refractivity contribution in [1.29, 1.82) is 0 Å². The van der Waals surface area contributed by atoms with Crippen molar-refractivity contribution in [2.24, 2.45) is 5.92 Å². The molecule has 18 heavy (non-hydrogen) atoms.